The molecule has 7 heteroatoms. The second kappa shape index (κ2) is 8.52. The van der Waals surface area contributed by atoms with Crippen molar-refractivity contribution in [2.45, 2.75) is 39.2 Å². The summed E-state index contributed by atoms with van der Waals surface area (Å²) in [6, 6.07) is 3.91. The van der Waals surface area contributed by atoms with Crippen LogP contribution in [0.1, 0.15) is 51.8 Å². The molecule has 1 saturated heterocycles. The van der Waals surface area contributed by atoms with Gasteiger partial charge in [-0.25, -0.2) is 9.97 Å². The lowest BCUT2D eigenvalue weighted by Gasteiger charge is -2.36. The zero-order valence-corrected chi connectivity index (χ0v) is 18.7. The molecule has 156 valence electrons. The van der Waals surface area contributed by atoms with Crippen LogP contribution in [0.15, 0.2) is 36.1 Å². The second-order valence-electron chi connectivity index (χ2n) is 8.01. The van der Waals surface area contributed by atoms with Gasteiger partial charge in [0.1, 0.15) is 0 Å². The zero-order chi connectivity index (χ0) is 21.3. The molecule has 0 bridgehead atoms. The van der Waals surface area contributed by atoms with Crippen molar-refractivity contribution in [3.63, 3.8) is 0 Å². The minimum atomic E-state index is -0.0734. The summed E-state index contributed by atoms with van der Waals surface area (Å²) < 4.78 is 0. The van der Waals surface area contributed by atoms with E-state index in [2.05, 4.69) is 9.97 Å². The third-order valence-corrected chi connectivity index (χ3v) is 6.43. The third-order valence-electron chi connectivity index (χ3n) is 5.57. The normalized spacial score (nSPS) is 16.5. The Kier molecular flexibility index (Phi) is 5.81. The Bertz CT molecular complexity index is 1060. The summed E-state index contributed by atoms with van der Waals surface area (Å²) in [7, 11) is 3.88. The highest BCUT2D eigenvalue weighted by Gasteiger charge is 2.32. The number of anilines is 1. The van der Waals surface area contributed by atoms with E-state index in [0.717, 1.165) is 58.6 Å². The van der Waals surface area contributed by atoms with Crippen molar-refractivity contribution in [1.82, 2.24) is 19.9 Å². The molecule has 0 N–H and O–H groups in total. The first-order valence-electron chi connectivity index (χ1n) is 10.3. The highest BCUT2D eigenvalue weighted by molar-refractivity contribution is 7.10. The van der Waals surface area contributed by atoms with E-state index in [4.69, 9.17) is 4.98 Å². The summed E-state index contributed by atoms with van der Waals surface area (Å²) in [5.41, 5.74) is 4.80. The van der Waals surface area contributed by atoms with Crippen LogP contribution in [0.2, 0.25) is 0 Å². The van der Waals surface area contributed by atoms with E-state index in [1.807, 2.05) is 67.6 Å². The van der Waals surface area contributed by atoms with E-state index >= 15 is 0 Å². The molecular weight excluding hydrogens is 394 g/mol. The molecule has 1 atom stereocenters. The van der Waals surface area contributed by atoms with Crippen LogP contribution in [0.3, 0.4) is 0 Å². The van der Waals surface area contributed by atoms with Crippen LogP contribution >= 0.6 is 11.3 Å². The molecular formula is C23H27N5OS. The first-order chi connectivity index (χ1) is 14.5. The van der Waals surface area contributed by atoms with Crippen molar-refractivity contribution < 1.29 is 4.79 Å². The molecule has 0 aliphatic carbocycles. The van der Waals surface area contributed by atoms with Gasteiger partial charge in [0.2, 0.25) is 5.95 Å². The number of pyridine rings is 1. The Morgan fingerprint density at radius 1 is 1.20 bits per heavy atom. The summed E-state index contributed by atoms with van der Waals surface area (Å²) in [6.07, 6.45) is 8.54. The number of aromatic nitrogens is 3. The van der Waals surface area contributed by atoms with Crippen LogP contribution in [0.5, 0.6) is 0 Å². The van der Waals surface area contributed by atoms with Crippen molar-refractivity contribution in [3.05, 3.63) is 57.8 Å². The van der Waals surface area contributed by atoms with E-state index in [0.29, 0.717) is 5.95 Å². The van der Waals surface area contributed by atoms with Gasteiger partial charge in [0.05, 0.1) is 17.3 Å². The number of rotatable bonds is 4. The molecule has 1 unspecified atom stereocenters. The molecule has 0 spiro atoms. The first kappa shape index (κ1) is 20.5. The predicted molar refractivity (Wildman–Crippen MR) is 121 cm³/mol. The van der Waals surface area contributed by atoms with Crippen molar-refractivity contribution in [3.8, 4) is 11.1 Å². The zero-order valence-electron chi connectivity index (χ0n) is 17.9. The molecule has 0 aromatic carbocycles. The number of likely N-dealkylation sites (tertiary alicyclic amines) is 1. The summed E-state index contributed by atoms with van der Waals surface area (Å²) >= 11 is 1.62. The summed E-state index contributed by atoms with van der Waals surface area (Å²) in [5.74, 6) is 0.747. The fraction of sp³-hybridized carbons (Fsp3) is 0.391. The molecule has 30 heavy (non-hydrogen) atoms. The maximum atomic E-state index is 13.4. The number of amides is 1. The third kappa shape index (κ3) is 3.94. The average Bonchev–Trinajstić information content (AvgIpc) is 3.19. The van der Waals surface area contributed by atoms with E-state index in [1.54, 1.807) is 17.5 Å². The fourth-order valence-electron chi connectivity index (χ4n) is 4.02. The molecule has 6 nitrogen and oxygen atoms in total. The van der Waals surface area contributed by atoms with Gasteiger partial charge in [-0.3, -0.25) is 9.78 Å². The molecule has 1 aliphatic heterocycles. The van der Waals surface area contributed by atoms with Crippen LogP contribution < -0.4 is 4.90 Å². The van der Waals surface area contributed by atoms with E-state index in [-0.39, 0.29) is 11.9 Å². The Balaban J connectivity index is 1.82. The van der Waals surface area contributed by atoms with Crippen LogP contribution in [-0.4, -0.2) is 46.4 Å². The largest absolute Gasteiger partial charge is 0.347 e. The highest BCUT2D eigenvalue weighted by atomic mass is 32.1. The Morgan fingerprint density at radius 3 is 2.73 bits per heavy atom. The molecule has 1 aliphatic rings. The van der Waals surface area contributed by atoms with Gasteiger partial charge in [-0.15, -0.1) is 11.3 Å². The summed E-state index contributed by atoms with van der Waals surface area (Å²) in [4.78, 5) is 32.2. The molecule has 1 fully saturated rings. The SMILES string of the molecule is Cc1cc(C(=O)N2CCCCC2c2nc(N(C)C)ncc2-c2ccncc2C)cs1. The Hall–Kier alpha value is -2.80. The Morgan fingerprint density at radius 2 is 2.03 bits per heavy atom. The number of hydrogen-bond donors (Lipinski definition) is 0. The number of carbonyl (C=O) groups excluding carboxylic acids is 1. The van der Waals surface area contributed by atoms with Crippen LogP contribution in [-0.2, 0) is 0 Å². The van der Waals surface area contributed by atoms with Crippen molar-refractivity contribution >= 4 is 23.2 Å². The monoisotopic (exact) mass is 421 g/mol. The lowest BCUT2D eigenvalue weighted by Crippen LogP contribution is -2.39. The predicted octanol–water partition coefficient (Wildman–Crippen LogP) is 4.65. The maximum Gasteiger partial charge on any atom is 0.255 e. The number of aryl methyl sites for hydroxylation is 2. The average molecular weight is 422 g/mol. The van der Waals surface area contributed by atoms with Gasteiger partial charge in [0.25, 0.3) is 5.91 Å². The molecule has 0 saturated carbocycles. The van der Waals surface area contributed by atoms with Gasteiger partial charge in [0, 0.05) is 55.1 Å². The lowest BCUT2D eigenvalue weighted by molar-refractivity contribution is 0.0607. The Labute approximate surface area is 181 Å². The van der Waals surface area contributed by atoms with Crippen molar-refractivity contribution in [2.75, 3.05) is 25.5 Å². The van der Waals surface area contributed by atoms with Gasteiger partial charge in [-0.1, -0.05) is 0 Å². The molecule has 3 aromatic rings. The van der Waals surface area contributed by atoms with E-state index < -0.39 is 0 Å². The van der Waals surface area contributed by atoms with E-state index in [1.165, 1.54) is 0 Å². The lowest BCUT2D eigenvalue weighted by atomic mass is 9.92. The fourth-order valence-corrected chi connectivity index (χ4v) is 4.69. The summed E-state index contributed by atoms with van der Waals surface area (Å²) in [6.45, 7) is 4.82. The standard InChI is InChI=1S/C23H27N5OS/c1-15-12-24-9-8-18(15)19-13-25-23(27(3)4)26-21(19)20-7-5-6-10-28(20)22(29)17-11-16(2)30-14-17/h8-9,11-14,20H,5-7,10H2,1-4H3. The number of hydrogen-bond acceptors (Lipinski definition) is 6. The molecule has 4 rings (SSSR count). The minimum Gasteiger partial charge on any atom is -0.347 e. The van der Waals surface area contributed by atoms with Crippen LogP contribution in [0, 0.1) is 13.8 Å². The van der Waals surface area contributed by atoms with Crippen molar-refractivity contribution in [1.29, 1.82) is 0 Å². The van der Waals surface area contributed by atoms with Gasteiger partial charge in [-0.2, -0.15) is 0 Å². The van der Waals surface area contributed by atoms with Crippen LogP contribution in [0.4, 0.5) is 5.95 Å². The molecule has 4 heterocycles. The van der Waals surface area contributed by atoms with Gasteiger partial charge in [0.15, 0.2) is 0 Å². The molecule has 3 aromatic heterocycles. The number of carbonyl (C=O) groups is 1. The summed E-state index contributed by atoms with van der Waals surface area (Å²) in [5, 5.41) is 1.96. The number of piperidine rings is 1. The second-order valence-corrected chi connectivity index (χ2v) is 9.13. The van der Waals surface area contributed by atoms with E-state index in [9.17, 15) is 4.79 Å². The number of nitrogens with zero attached hydrogens (tertiary/aromatic N) is 5. The quantitative estimate of drug-likeness (QED) is 0.614. The molecule has 0 radical (unpaired) electrons. The first-order valence-corrected chi connectivity index (χ1v) is 11.1. The topological polar surface area (TPSA) is 62.2 Å². The van der Waals surface area contributed by atoms with Crippen LogP contribution in [0.25, 0.3) is 11.1 Å². The highest BCUT2D eigenvalue weighted by Crippen LogP contribution is 2.38. The smallest absolute Gasteiger partial charge is 0.255 e. The van der Waals surface area contributed by atoms with Gasteiger partial charge >= 0.3 is 0 Å². The minimum absolute atomic E-state index is 0.0734. The molecule has 1 amide bonds. The van der Waals surface area contributed by atoms with Gasteiger partial charge in [-0.05, 0) is 56.4 Å². The van der Waals surface area contributed by atoms with Gasteiger partial charge < -0.3 is 9.80 Å². The number of thiophene rings is 1. The van der Waals surface area contributed by atoms with Crippen molar-refractivity contribution in [2.24, 2.45) is 0 Å². The maximum absolute atomic E-state index is 13.4.